The zero-order valence-corrected chi connectivity index (χ0v) is 14.0. The summed E-state index contributed by atoms with van der Waals surface area (Å²) in [6.45, 7) is 2.20. The van der Waals surface area contributed by atoms with Gasteiger partial charge in [0.15, 0.2) is 0 Å². The molecule has 0 saturated carbocycles. The molecule has 0 aromatic heterocycles. The van der Waals surface area contributed by atoms with Crippen molar-refractivity contribution in [1.82, 2.24) is 0 Å². The molecule has 0 spiro atoms. The number of aryl methyl sites for hydroxylation is 1. The smallest absolute Gasteiger partial charge is 0.0446 e. The average Bonchev–Trinajstić information content (AvgIpc) is 2.50. The minimum Gasteiger partial charge on any atom is -0.323 e. The van der Waals surface area contributed by atoms with Crippen molar-refractivity contribution < 1.29 is 0 Å². The summed E-state index contributed by atoms with van der Waals surface area (Å²) in [6, 6.07) is 16.8. The average molecular weight is 320 g/mol. The van der Waals surface area contributed by atoms with Crippen molar-refractivity contribution in [2.75, 3.05) is 5.75 Å². The Kier molecular flexibility index (Phi) is 6.62. The first-order chi connectivity index (χ1) is 10.2. The lowest BCUT2D eigenvalue weighted by Crippen LogP contribution is -2.13. The number of halogens is 1. The van der Waals surface area contributed by atoms with Crippen molar-refractivity contribution in [2.45, 2.75) is 31.6 Å². The Labute approximate surface area is 136 Å². The van der Waals surface area contributed by atoms with Crippen LogP contribution in [0.15, 0.2) is 48.5 Å². The molecule has 2 rings (SSSR count). The largest absolute Gasteiger partial charge is 0.323 e. The predicted octanol–water partition coefficient (Wildman–Crippen LogP) is 5.23. The molecule has 1 unspecified atom stereocenters. The third kappa shape index (κ3) is 5.06. The number of rotatable bonds is 7. The fraction of sp³-hybridized carbons (Fsp3) is 0.333. The van der Waals surface area contributed by atoms with Gasteiger partial charge in [0.25, 0.3) is 0 Å². The Morgan fingerprint density at radius 2 is 1.81 bits per heavy atom. The highest BCUT2D eigenvalue weighted by molar-refractivity contribution is 7.98. The monoisotopic (exact) mass is 319 g/mol. The van der Waals surface area contributed by atoms with Crippen LogP contribution < -0.4 is 5.73 Å². The molecule has 0 aliphatic heterocycles. The van der Waals surface area contributed by atoms with E-state index in [1.54, 1.807) is 0 Å². The van der Waals surface area contributed by atoms with E-state index in [-0.39, 0.29) is 6.04 Å². The van der Waals surface area contributed by atoms with E-state index >= 15 is 0 Å². The molecule has 2 aromatic carbocycles. The molecule has 0 radical (unpaired) electrons. The van der Waals surface area contributed by atoms with Gasteiger partial charge in [-0.15, -0.1) is 0 Å². The fourth-order valence-electron chi connectivity index (χ4n) is 2.23. The summed E-state index contributed by atoms with van der Waals surface area (Å²) in [5.74, 6) is 1.81. The molecule has 2 aromatic rings. The summed E-state index contributed by atoms with van der Waals surface area (Å²) in [5, 5.41) is 0.836. The second kappa shape index (κ2) is 8.47. The molecule has 0 saturated heterocycles. The maximum Gasteiger partial charge on any atom is 0.0446 e. The van der Waals surface area contributed by atoms with Gasteiger partial charge in [-0.3, -0.25) is 0 Å². The molecule has 0 aliphatic carbocycles. The molecule has 112 valence electrons. The second-order valence-corrected chi connectivity index (χ2v) is 6.64. The summed E-state index contributed by atoms with van der Waals surface area (Å²) in [5.41, 5.74) is 10.0. The highest BCUT2D eigenvalue weighted by Crippen LogP contribution is 2.24. The lowest BCUT2D eigenvalue weighted by Gasteiger charge is -2.13. The zero-order chi connectivity index (χ0) is 15.1. The molecule has 0 heterocycles. The molecule has 0 bridgehead atoms. The van der Waals surface area contributed by atoms with Gasteiger partial charge in [0.05, 0.1) is 0 Å². The summed E-state index contributed by atoms with van der Waals surface area (Å²) in [7, 11) is 0. The summed E-state index contributed by atoms with van der Waals surface area (Å²) < 4.78 is 0. The Bertz CT molecular complexity index is 553. The van der Waals surface area contributed by atoms with Gasteiger partial charge in [-0.1, -0.05) is 67.4 Å². The van der Waals surface area contributed by atoms with Gasteiger partial charge in [0.1, 0.15) is 0 Å². The maximum atomic E-state index is 6.27. The van der Waals surface area contributed by atoms with E-state index in [2.05, 4.69) is 37.3 Å². The van der Waals surface area contributed by atoms with Crippen LogP contribution in [0.1, 0.15) is 36.1 Å². The van der Waals surface area contributed by atoms with E-state index in [4.69, 9.17) is 17.3 Å². The maximum absolute atomic E-state index is 6.27. The summed E-state index contributed by atoms with van der Waals surface area (Å²) in [6.07, 6.45) is 2.32. The lowest BCUT2D eigenvalue weighted by molar-refractivity contribution is 0.828. The molecule has 1 nitrogen and oxygen atoms in total. The zero-order valence-electron chi connectivity index (χ0n) is 12.4. The van der Waals surface area contributed by atoms with Crippen molar-refractivity contribution in [2.24, 2.45) is 5.73 Å². The number of benzene rings is 2. The van der Waals surface area contributed by atoms with Gasteiger partial charge in [-0.2, -0.15) is 11.8 Å². The van der Waals surface area contributed by atoms with E-state index in [1.165, 1.54) is 23.1 Å². The van der Waals surface area contributed by atoms with Crippen LogP contribution in [0.5, 0.6) is 0 Å². The third-order valence-corrected chi connectivity index (χ3v) is 4.94. The van der Waals surface area contributed by atoms with E-state index in [9.17, 15) is 0 Å². The molecule has 3 heteroatoms. The Balaban J connectivity index is 1.84. The van der Waals surface area contributed by atoms with Crippen molar-refractivity contribution in [1.29, 1.82) is 0 Å². The third-order valence-electron chi connectivity index (χ3n) is 3.46. The summed E-state index contributed by atoms with van der Waals surface area (Å²) >= 11 is 7.99. The number of thioether (sulfide) groups is 1. The lowest BCUT2D eigenvalue weighted by atomic mass is 10.0. The molecule has 2 N–H and O–H groups in total. The van der Waals surface area contributed by atoms with Gasteiger partial charge in [0, 0.05) is 22.6 Å². The van der Waals surface area contributed by atoms with Crippen LogP contribution in [0.3, 0.4) is 0 Å². The first-order valence-corrected chi connectivity index (χ1v) is 8.89. The first-order valence-electron chi connectivity index (χ1n) is 7.36. The Morgan fingerprint density at radius 1 is 1.10 bits per heavy atom. The van der Waals surface area contributed by atoms with Crippen LogP contribution in [-0.4, -0.2) is 5.75 Å². The molecule has 0 aliphatic rings. The fourth-order valence-corrected chi connectivity index (χ4v) is 3.55. The molecule has 0 amide bonds. The van der Waals surface area contributed by atoms with Crippen molar-refractivity contribution in [3.8, 4) is 0 Å². The first kappa shape index (κ1) is 16.4. The second-order valence-electron chi connectivity index (χ2n) is 5.20. The van der Waals surface area contributed by atoms with Crippen molar-refractivity contribution in [3.63, 3.8) is 0 Å². The van der Waals surface area contributed by atoms with E-state index < -0.39 is 0 Å². The standard InChI is InChI=1S/C18H22ClNS/c1-2-5-14-8-10-15(11-9-14)18(20)13-21-12-16-6-3-4-7-17(16)19/h3-4,6-11,18H,2,5,12-13,20H2,1H3. The van der Waals surface area contributed by atoms with Crippen LogP contribution in [0, 0.1) is 0 Å². The van der Waals surface area contributed by atoms with Crippen LogP contribution in [0.4, 0.5) is 0 Å². The number of nitrogens with two attached hydrogens (primary N) is 1. The van der Waals surface area contributed by atoms with Gasteiger partial charge in [0.2, 0.25) is 0 Å². The minimum absolute atomic E-state index is 0.0770. The quantitative estimate of drug-likeness (QED) is 0.756. The highest BCUT2D eigenvalue weighted by Gasteiger charge is 2.07. The van der Waals surface area contributed by atoms with E-state index in [0.717, 1.165) is 22.9 Å². The predicted molar refractivity (Wildman–Crippen MR) is 95.0 cm³/mol. The van der Waals surface area contributed by atoms with Gasteiger partial charge in [-0.05, 0) is 29.2 Å². The molecular weight excluding hydrogens is 298 g/mol. The SMILES string of the molecule is CCCc1ccc(C(N)CSCc2ccccc2Cl)cc1. The Morgan fingerprint density at radius 3 is 2.48 bits per heavy atom. The summed E-state index contributed by atoms with van der Waals surface area (Å²) in [4.78, 5) is 0. The van der Waals surface area contributed by atoms with Gasteiger partial charge in [-0.25, -0.2) is 0 Å². The number of hydrogen-bond donors (Lipinski definition) is 1. The van der Waals surface area contributed by atoms with Crippen molar-refractivity contribution >= 4 is 23.4 Å². The molecular formula is C18H22ClNS. The minimum atomic E-state index is 0.0770. The van der Waals surface area contributed by atoms with Crippen LogP contribution >= 0.6 is 23.4 Å². The van der Waals surface area contributed by atoms with E-state index in [1.807, 2.05) is 30.0 Å². The normalized spacial score (nSPS) is 12.3. The van der Waals surface area contributed by atoms with E-state index in [0.29, 0.717) is 0 Å². The Hall–Kier alpha value is -0.960. The van der Waals surface area contributed by atoms with Crippen LogP contribution in [0.25, 0.3) is 0 Å². The number of hydrogen-bond acceptors (Lipinski definition) is 2. The van der Waals surface area contributed by atoms with Crippen LogP contribution in [0.2, 0.25) is 5.02 Å². The molecule has 21 heavy (non-hydrogen) atoms. The molecule has 1 atom stereocenters. The van der Waals surface area contributed by atoms with Gasteiger partial charge < -0.3 is 5.73 Å². The van der Waals surface area contributed by atoms with Crippen LogP contribution in [-0.2, 0) is 12.2 Å². The van der Waals surface area contributed by atoms with Crippen molar-refractivity contribution in [3.05, 3.63) is 70.2 Å². The van der Waals surface area contributed by atoms with Gasteiger partial charge >= 0.3 is 0 Å². The highest BCUT2D eigenvalue weighted by atomic mass is 35.5. The molecule has 0 fully saturated rings. The topological polar surface area (TPSA) is 26.0 Å².